The number of rotatable bonds is 5. The van der Waals surface area contributed by atoms with Crippen molar-refractivity contribution in [3.63, 3.8) is 0 Å². The Labute approximate surface area is 216 Å². The third-order valence-electron chi connectivity index (χ3n) is 7.00. The predicted molar refractivity (Wildman–Crippen MR) is 138 cm³/mol. The molecule has 196 valence electrons. The molecule has 5 heterocycles. The van der Waals surface area contributed by atoms with Gasteiger partial charge in [-0.1, -0.05) is 12.1 Å². The topological polar surface area (TPSA) is 84.6 Å². The summed E-state index contributed by atoms with van der Waals surface area (Å²) >= 11 is 0. The van der Waals surface area contributed by atoms with Crippen LogP contribution in [0.4, 0.5) is 24.8 Å². The molecule has 8 nitrogen and oxygen atoms in total. The summed E-state index contributed by atoms with van der Waals surface area (Å²) in [5, 5.41) is 3.30. The predicted octanol–water partition coefficient (Wildman–Crippen LogP) is 4.48. The molecule has 11 heteroatoms. The van der Waals surface area contributed by atoms with Crippen molar-refractivity contribution in [1.29, 1.82) is 0 Å². The van der Waals surface area contributed by atoms with Gasteiger partial charge in [-0.25, -0.2) is 9.97 Å². The first-order chi connectivity index (χ1) is 18.2. The number of nitrogens with one attached hydrogen (secondary N) is 1. The summed E-state index contributed by atoms with van der Waals surface area (Å²) in [6.45, 7) is 5.80. The van der Waals surface area contributed by atoms with E-state index < -0.39 is 17.8 Å². The quantitative estimate of drug-likeness (QED) is 0.532. The summed E-state index contributed by atoms with van der Waals surface area (Å²) in [5.74, 6) is 2.43. The van der Waals surface area contributed by atoms with Crippen molar-refractivity contribution in [3.8, 4) is 0 Å². The molecule has 1 aromatic carbocycles. The number of hydrogen-bond donors (Lipinski definition) is 1. The van der Waals surface area contributed by atoms with Crippen molar-refractivity contribution in [3.05, 3.63) is 81.0 Å². The van der Waals surface area contributed by atoms with Crippen LogP contribution in [0.3, 0.4) is 0 Å². The molecule has 0 radical (unpaired) electrons. The third-order valence-corrected chi connectivity index (χ3v) is 7.00. The average Bonchev–Trinajstić information content (AvgIpc) is 3.34. The van der Waals surface area contributed by atoms with Gasteiger partial charge >= 0.3 is 6.18 Å². The molecule has 1 N–H and O–H groups in total. The van der Waals surface area contributed by atoms with Crippen LogP contribution >= 0.6 is 0 Å². The van der Waals surface area contributed by atoms with E-state index in [1.54, 1.807) is 36.7 Å². The van der Waals surface area contributed by atoms with Crippen LogP contribution < -0.4 is 15.8 Å². The molecule has 38 heavy (non-hydrogen) atoms. The lowest BCUT2D eigenvalue weighted by Gasteiger charge is -2.30. The lowest BCUT2D eigenvalue weighted by Crippen LogP contribution is -2.37. The molecule has 2 aromatic heterocycles. The smallest absolute Gasteiger partial charge is 0.377 e. The minimum Gasteiger partial charge on any atom is -0.377 e. The third kappa shape index (κ3) is 4.26. The van der Waals surface area contributed by atoms with Gasteiger partial charge in [0, 0.05) is 30.4 Å². The largest absolute Gasteiger partial charge is 0.416 e. The second kappa shape index (κ2) is 9.09. The van der Waals surface area contributed by atoms with E-state index in [-0.39, 0.29) is 11.6 Å². The Morgan fingerprint density at radius 1 is 1.16 bits per heavy atom. The Balaban J connectivity index is 1.40. The maximum Gasteiger partial charge on any atom is 0.416 e. The minimum atomic E-state index is -4.43. The normalized spacial score (nSPS) is 17.8. The zero-order chi connectivity index (χ0) is 26.6. The van der Waals surface area contributed by atoms with Gasteiger partial charge in [-0.05, 0) is 49.2 Å². The summed E-state index contributed by atoms with van der Waals surface area (Å²) in [6.07, 6.45) is -0.743. The summed E-state index contributed by atoms with van der Waals surface area (Å²) in [6, 6.07) is 8.33. The van der Waals surface area contributed by atoms with Crippen molar-refractivity contribution < 1.29 is 17.9 Å². The standard InChI is InChI=1S/C27H25F3N6O2/c1-15(17-4-3-5-19(10-17)27(28,29)30)32-24-22-12-21(18-6-8-35(23(37)11-18)20-13-38-14-20)25-31-7-9-36(25)26(22)34-16(2)33-24/h3-6,8,10-12,15,20H,7,9,13-14H2,1-2H3,(H,32,33,34)/t15-/m1/s1. The zero-order valence-corrected chi connectivity index (χ0v) is 20.8. The Bertz CT molecular complexity index is 1540. The number of halogens is 3. The monoisotopic (exact) mass is 522 g/mol. The maximum atomic E-state index is 13.3. The van der Waals surface area contributed by atoms with Crippen molar-refractivity contribution in [1.82, 2.24) is 14.5 Å². The van der Waals surface area contributed by atoms with Crippen molar-refractivity contribution in [2.24, 2.45) is 4.99 Å². The van der Waals surface area contributed by atoms with Crippen molar-refractivity contribution in [2.45, 2.75) is 32.1 Å². The fourth-order valence-electron chi connectivity index (χ4n) is 4.94. The fraction of sp³-hybridized carbons (Fsp3) is 0.333. The molecule has 3 aromatic rings. The van der Waals surface area contributed by atoms with E-state index >= 15 is 0 Å². The van der Waals surface area contributed by atoms with Gasteiger partial charge in [0.25, 0.3) is 5.56 Å². The number of benzene rings is 1. The van der Waals surface area contributed by atoms with Crippen LogP contribution in [0.2, 0.25) is 0 Å². The molecule has 0 spiro atoms. The molecule has 1 saturated heterocycles. The van der Waals surface area contributed by atoms with Crippen LogP contribution in [-0.4, -0.2) is 46.7 Å². The van der Waals surface area contributed by atoms with Gasteiger partial charge in [-0.15, -0.1) is 0 Å². The van der Waals surface area contributed by atoms with Gasteiger partial charge in [-0.3, -0.25) is 9.79 Å². The molecule has 6 rings (SSSR count). The highest BCUT2D eigenvalue weighted by Gasteiger charge is 2.34. The SMILES string of the molecule is Cc1nc(N[C@H](C)c2cccc(C(F)(F)F)c2)c2c(n1)N1CCN=C1C(c1ccn(C3COC3)c(=O)c1)=C2. The van der Waals surface area contributed by atoms with Crippen LogP contribution in [-0.2, 0) is 10.9 Å². The highest BCUT2D eigenvalue weighted by Crippen LogP contribution is 2.39. The summed E-state index contributed by atoms with van der Waals surface area (Å²) in [4.78, 5) is 28.8. The number of aromatic nitrogens is 3. The van der Waals surface area contributed by atoms with Gasteiger partial charge < -0.3 is 19.5 Å². The molecule has 0 saturated carbocycles. The molecular weight excluding hydrogens is 497 g/mol. The first kappa shape index (κ1) is 24.4. The number of aryl methyl sites for hydroxylation is 1. The summed E-state index contributed by atoms with van der Waals surface area (Å²) in [7, 11) is 0. The van der Waals surface area contributed by atoms with Crippen LogP contribution in [0.25, 0.3) is 11.6 Å². The molecule has 0 aliphatic carbocycles. The Kier molecular flexibility index (Phi) is 5.82. The van der Waals surface area contributed by atoms with Gasteiger partial charge in [-0.2, -0.15) is 13.2 Å². The van der Waals surface area contributed by atoms with Crippen LogP contribution in [0.15, 0.2) is 52.4 Å². The molecule has 0 unspecified atom stereocenters. The van der Waals surface area contributed by atoms with E-state index in [1.165, 1.54) is 6.07 Å². The lowest BCUT2D eigenvalue weighted by atomic mass is 9.98. The summed E-state index contributed by atoms with van der Waals surface area (Å²) in [5.41, 5.74) is 1.85. The van der Waals surface area contributed by atoms with Crippen LogP contribution in [0.5, 0.6) is 0 Å². The number of fused-ring (bicyclic) bond motifs is 3. The second-order valence-electron chi connectivity index (χ2n) is 9.61. The Morgan fingerprint density at radius 3 is 2.68 bits per heavy atom. The lowest BCUT2D eigenvalue weighted by molar-refractivity contribution is -0.137. The first-order valence-electron chi connectivity index (χ1n) is 12.4. The van der Waals surface area contributed by atoms with Gasteiger partial charge in [0.05, 0.1) is 36.9 Å². The molecular formula is C27H25F3N6O2. The molecule has 0 amide bonds. The number of hydrogen-bond acceptors (Lipinski definition) is 7. The number of amidine groups is 1. The first-order valence-corrected chi connectivity index (χ1v) is 12.4. The molecule has 1 fully saturated rings. The molecule has 3 aliphatic rings. The molecule has 1 atom stereocenters. The second-order valence-corrected chi connectivity index (χ2v) is 9.61. The number of anilines is 2. The Hall–Kier alpha value is -3.99. The van der Waals surface area contributed by atoms with E-state index in [9.17, 15) is 18.0 Å². The highest BCUT2D eigenvalue weighted by molar-refractivity contribution is 6.36. The average molecular weight is 523 g/mol. The van der Waals surface area contributed by atoms with E-state index in [0.717, 1.165) is 29.1 Å². The number of nitrogens with zero attached hydrogens (tertiary/aromatic N) is 5. The molecule has 3 aliphatic heterocycles. The number of alkyl halides is 3. The van der Waals surface area contributed by atoms with Gasteiger partial charge in [0.2, 0.25) is 0 Å². The van der Waals surface area contributed by atoms with E-state index in [4.69, 9.17) is 4.74 Å². The number of aliphatic imine (C=N–C) groups is 1. The molecule has 0 bridgehead atoms. The van der Waals surface area contributed by atoms with Gasteiger partial charge in [0.15, 0.2) is 0 Å². The van der Waals surface area contributed by atoms with Crippen LogP contribution in [0.1, 0.15) is 47.1 Å². The van der Waals surface area contributed by atoms with Crippen molar-refractivity contribution in [2.75, 3.05) is 36.5 Å². The minimum absolute atomic E-state index is 0.0439. The van der Waals surface area contributed by atoms with Crippen molar-refractivity contribution >= 4 is 29.1 Å². The van der Waals surface area contributed by atoms with E-state index in [1.807, 2.05) is 17.0 Å². The van der Waals surface area contributed by atoms with Crippen LogP contribution in [0, 0.1) is 6.92 Å². The number of pyridine rings is 1. The maximum absolute atomic E-state index is 13.3. The van der Waals surface area contributed by atoms with Gasteiger partial charge in [0.1, 0.15) is 23.3 Å². The van der Waals surface area contributed by atoms with E-state index in [0.29, 0.717) is 54.9 Å². The summed E-state index contributed by atoms with van der Waals surface area (Å²) < 4.78 is 46.8. The fourth-order valence-corrected chi connectivity index (χ4v) is 4.94. The number of ether oxygens (including phenoxy) is 1. The highest BCUT2D eigenvalue weighted by atomic mass is 19.4. The Morgan fingerprint density at radius 2 is 1.97 bits per heavy atom. The van der Waals surface area contributed by atoms with E-state index in [2.05, 4.69) is 20.3 Å². The zero-order valence-electron chi connectivity index (χ0n) is 20.8.